The number of amides is 2. The normalized spacial score (nSPS) is 10.8. The second kappa shape index (κ2) is 12.9. The molecule has 0 radical (unpaired) electrons. The lowest BCUT2D eigenvalue weighted by Crippen LogP contribution is -2.28. The van der Waals surface area contributed by atoms with Gasteiger partial charge in [-0.25, -0.2) is 0 Å². The number of aryl methyl sites for hydroxylation is 1. The average molecular weight is 439 g/mol. The van der Waals surface area contributed by atoms with Crippen LogP contribution >= 0.6 is 0 Å². The van der Waals surface area contributed by atoms with Gasteiger partial charge in [-0.2, -0.15) is 0 Å². The molecule has 2 amide bonds. The van der Waals surface area contributed by atoms with Crippen molar-refractivity contribution in [2.45, 2.75) is 39.0 Å². The summed E-state index contributed by atoms with van der Waals surface area (Å²) in [4.78, 5) is 29.5. The first-order chi connectivity index (χ1) is 15.3. The number of rotatable bonds is 12. The van der Waals surface area contributed by atoms with E-state index in [9.17, 15) is 9.59 Å². The van der Waals surface area contributed by atoms with Gasteiger partial charge in [-0.05, 0) is 75.8 Å². The Kier molecular flexibility index (Phi) is 10.2. The lowest BCUT2D eigenvalue weighted by atomic mass is 10.0. The van der Waals surface area contributed by atoms with Crippen LogP contribution in [0.5, 0.6) is 0 Å². The maximum atomic E-state index is 12.8. The van der Waals surface area contributed by atoms with Gasteiger partial charge in [-0.15, -0.1) is 0 Å². The molecule has 0 saturated carbocycles. The first-order valence-electron chi connectivity index (χ1n) is 11.5. The molecule has 2 aromatic carbocycles. The number of carbonyl (C=O) groups excluding carboxylic acids is 2. The summed E-state index contributed by atoms with van der Waals surface area (Å²) in [5.74, 6) is -0.319. The molecule has 32 heavy (non-hydrogen) atoms. The molecule has 174 valence electrons. The number of unbranched alkanes of at least 4 members (excludes halogenated alkanes) is 2. The Morgan fingerprint density at radius 3 is 2.22 bits per heavy atom. The molecule has 0 unspecified atom stereocenters. The van der Waals surface area contributed by atoms with Crippen LogP contribution < -0.4 is 15.5 Å². The lowest BCUT2D eigenvalue weighted by molar-refractivity contribution is 0.0951. The maximum Gasteiger partial charge on any atom is 0.255 e. The van der Waals surface area contributed by atoms with Crippen molar-refractivity contribution in [3.8, 4) is 0 Å². The summed E-state index contributed by atoms with van der Waals surface area (Å²) in [6.07, 6.45) is 5.50. The quantitative estimate of drug-likeness (QED) is 0.482. The number of hydrogen-bond donors (Lipinski definition) is 2. The Hall–Kier alpha value is -2.86. The fourth-order valence-corrected chi connectivity index (χ4v) is 3.48. The van der Waals surface area contributed by atoms with Crippen molar-refractivity contribution in [3.05, 3.63) is 59.2 Å². The zero-order valence-electron chi connectivity index (χ0n) is 20.2. The molecule has 6 nitrogen and oxygen atoms in total. The van der Waals surface area contributed by atoms with Crippen molar-refractivity contribution in [3.63, 3.8) is 0 Å². The summed E-state index contributed by atoms with van der Waals surface area (Å²) in [5.41, 5.74) is 3.81. The van der Waals surface area contributed by atoms with E-state index >= 15 is 0 Å². The van der Waals surface area contributed by atoms with Gasteiger partial charge in [0.1, 0.15) is 0 Å². The van der Waals surface area contributed by atoms with Gasteiger partial charge >= 0.3 is 0 Å². The summed E-state index contributed by atoms with van der Waals surface area (Å²) < 4.78 is 0. The van der Waals surface area contributed by atoms with Crippen molar-refractivity contribution in [2.75, 3.05) is 51.5 Å². The molecule has 2 N–H and O–H groups in total. The number of anilines is 2. The third-order valence-corrected chi connectivity index (χ3v) is 5.33. The molecule has 0 aliphatic heterocycles. The zero-order chi connectivity index (χ0) is 23.5. The number of hydrogen-bond acceptors (Lipinski definition) is 4. The molecule has 0 heterocycles. The van der Waals surface area contributed by atoms with Gasteiger partial charge in [0, 0.05) is 37.6 Å². The van der Waals surface area contributed by atoms with Crippen LogP contribution in [0.25, 0.3) is 0 Å². The molecule has 0 fully saturated rings. The van der Waals surface area contributed by atoms with E-state index in [-0.39, 0.29) is 11.8 Å². The number of nitrogens with zero attached hydrogens (tertiary/aromatic N) is 2. The zero-order valence-corrected chi connectivity index (χ0v) is 20.2. The largest absolute Gasteiger partial charge is 0.377 e. The Morgan fingerprint density at radius 2 is 1.59 bits per heavy atom. The van der Waals surface area contributed by atoms with Gasteiger partial charge < -0.3 is 20.4 Å². The second-order valence-corrected chi connectivity index (χ2v) is 8.65. The molecule has 0 spiro atoms. The van der Waals surface area contributed by atoms with Crippen LogP contribution in [0.2, 0.25) is 0 Å². The summed E-state index contributed by atoms with van der Waals surface area (Å²) in [6.45, 7) is 3.71. The van der Waals surface area contributed by atoms with Gasteiger partial charge in [-0.3, -0.25) is 9.59 Å². The van der Waals surface area contributed by atoms with Gasteiger partial charge in [0.25, 0.3) is 11.8 Å². The molecule has 2 aromatic rings. The maximum absolute atomic E-state index is 12.8. The van der Waals surface area contributed by atoms with Crippen LogP contribution in [0, 0.1) is 0 Å². The number of carbonyl (C=O) groups is 2. The third-order valence-electron chi connectivity index (χ3n) is 5.33. The molecule has 2 rings (SSSR count). The molecular weight excluding hydrogens is 400 g/mol. The van der Waals surface area contributed by atoms with Gasteiger partial charge in [0.05, 0.1) is 5.56 Å². The van der Waals surface area contributed by atoms with E-state index in [1.54, 1.807) is 6.07 Å². The average Bonchev–Trinajstić information content (AvgIpc) is 2.76. The SMILES string of the molecule is CCCCCc1ccc(C(=O)Nc2ccc(N(C)C)c(C(=O)NCCCN(C)C)c2)cc1. The van der Waals surface area contributed by atoms with Crippen molar-refractivity contribution >= 4 is 23.2 Å². The highest BCUT2D eigenvalue weighted by atomic mass is 16.2. The first-order valence-corrected chi connectivity index (χ1v) is 11.5. The molecule has 0 aliphatic rings. The summed E-state index contributed by atoms with van der Waals surface area (Å²) in [5, 5.41) is 5.91. The van der Waals surface area contributed by atoms with Crippen molar-refractivity contribution in [2.24, 2.45) is 0 Å². The minimum absolute atomic E-state index is 0.139. The number of benzene rings is 2. The van der Waals surface area contributed by atoms with E-state index in [1.165, 1.54) is 24.8 Å². The third kappa shape index (κ3) is 8.00. The molecule has 0 aliphatic carbocycles. The van der Waals surface area contributed by atoms with Gasteiger partial charge in [-0.1, -0.05) is 31.9 Å². The van der Waals surface area contributed by atoms with E-state index < -0.39 is 0 Å². The Balaban J connectivity index is 2.07. The molecule has 0 bridgehead atoms. The van der Waals surface area contributed by atoms with E-state index in [4.69, 9.17) is 0 Å². The van der Waals surface area contributed by atoms with Crippen LogP contribution in [-0.4, -0.2) is 58.0 Å². The first kappa shape index (κ1) is 25.4. The van der Waals surface area contributed by atoms with Crippen LogP contribution in [0.3, 0.4) is 0 Å². The highest BCUT2D eigenvalue weighted by molar-refractivity contribution is 6.06. The van der Waals surface area contributed by atoms with Crippen molar-refractivity contribution in [1.82, 2.24) is 10.2 Å². The van der Waals surface area contributed by atoms with E-state index in [1.807, 2.05) is 69.5 Å². The monoisotopic (exact) mass is 438 g/mol. The predicted octanol–water partition coefficient (Wildman–Crippen LogP) is 4.42. The van der Waals surface area contributed by atoms with Crippen LogP contribution in [0.15, 0.2) is 42.5 Å². The summed E-state index contributed by atoms with van der Waals surface area (Å²) in [6, 6.07) is 13.2. The predicted molar refractivity (Wildman–Crippen MR) is 134 cm³/mol. The Bertz CT molecular complexity index is 876. The molecule has 0 atom stereocenters. The summed E-state index contributed by atoms with van der Waals surface area (Å²) in [7, 11) is 7.83. The van der Waals surface area contributed by atoms with E-state index in [0.717, 1.165) is 25.1 Å². The standard InChI is InChI=1S/C26H38N4O2/c1-6-7-8-10-20-11-13-21(14-12-20)25(31)28-22-15-16-24(30(4)5)23(19-22)26(32)27-17-9-18-29(2)3/h11-16,19H,6-10,17-18H2,1-5H3,(H,27,32)(H,28,31). The molecule has 0 saturated heterocycles. The van der Waals surface area contributed by atoms with Crippen LogP contribution in [0.4, 0.5) is 11.4 Å². The summed E-state index contributed by atoms with van der Waals surface area (Å²) >= 11 is 0. The smallest absolute Gasteiger partial charge is 0.255 e. The minimum Gasteiger partial charge on any atom is -0.377 e. The second-order valence-electron chi connectivity index (χ2n) is 8.65. The van der Waals surface area contributed by atoms with Crippen molar-refractivity contribution in [1.29, 1.82) is 0 Å². The lowest BCUT2D eigenvalue weighted by Gasteiger charge is -2.19. The van der Waals surface area contributed by atoms with Crippen LogP contribution in [0.1, 0.15) is 58.9 Å². The molecule has 6 heteroatoms. The fourth-order valence-electron chi connectivity index (χ4n) is 3.48. The molecule has 0 aromatic heterocycles. The topological polar surface area (TPSA) is 64.7 Å². The van der Waals surface area contributed by atoms with E-state index in [2.05, 4.69) is 22.5 Å². The van der Waals surface area contributed by atoms with E-state index in [0.29, 0.717) is 23.4 Å². The highest BCUT2D eigenvalue weighted by Gasteiger charge is 2.15. The Labute approximate surface area is 193 Å². The fraction of sp³-hybridized carbons (Fsp3) is 0.462. The van der Waals surface area contributed by atoms with Crippen molar-refractivity contribution < 1.29 is 9.59 Å². The number of nitrogens with one attached hydrogen (secondary N) is 2. The molecular formula is C26H38N4O2. The minimum atomic E-state index is -0.181. The van der Waals surface area contributed by atoms with Gasteiger partial charge in [0.2, 0.25) is 0 Å². The Morgan fingerprint density at radius 1 is 0.875 bits per heavy atom. The van der Waals surface area contributed by atoms with Gasteiger partial charge in [0.15, 0.2) is 0 Å². The van der Waals surface area contributed by atoms with Crippen LogP contribution in [-0.2, 0) is 6.42 Å². The highest BCUT2D eigenvalue weighted by Crippen LogP contribution is 2.23.